The van der Waals surface area contributed by atoms with Gasteiger partial charge in [-0.2, -0.15) is 0 Å². The van der Waals surface area contributed by atoms with Crippen LogP contribution in [0.1, 0.15) is 25.3 Å². The molecule has 0 aromatic heterocycles. The molecule has 0 aliphatic heterocycles. The topological polar surface area (TPSA) is 63.6 Å². The van der Waals surface area contributed by atoms with E-state index in [0.29, 0.717) is 25.2 Å². The van der Waals surface area contributed by atoms with E-state index < -0.39 is 9.84 Å². The van der Waals surface area contributed by atoms with E-state index in [-0.39, 0.29) is 18.1 Å². The minimum absolute atomic E-state index is 0.0507. The molecule has 0 unspecified atom stereocenters. The maximum Gasteiger partial charge on any atom is 0.150 e. The maximum absolute atomic E-state index is 11.3. The lowest BCUT2D eigenvalue weighted by Gasteiger charge is -2.06. The molecule has 0 spiro atoms. The lowest BCUT2D eigenvalue weighted by Crippen LogP contribution is -2.11. The van der Waals surface area contributed by atoms with Crippen LogP contribution >= 0.6 is 0 Å². The van der Waals surface area contributed by atoms with Gasteiger partial charge in [-0.1, -0.05) is 24.8 Å². The fraction of sp³-hybridized carbons (Fsp3) is 0.467. The van der Waals surface area contributed by atoms with Crippen molar-refractivity contribution in [3.8, 4) is 17.6 Å². The molecule has 0 amide bonds. The zero-order chi connectivity index (χ0) is 14.8. The fourth-order valence-electron chi connectivity index (χ4n) is 1.50. The predicted molar refractivity (Wildman–Crippen MR) is 79.5 cm³/mol. The van der Waals surface area contributed by atoms with Gasteiger partial charge in [-0.15, -0.1) is 0 Å². The Morgan fingerprint density at radius 1 is 1.35 bits per heavy atom. The summed E-state index contributed by atoms with van der Waals surface area (Å²) in [6.45, 7) is 2.06. The molecule has 0 aliphatic carbocycles. The highest BCUT2D eigenvalue weighted by Crippen LogP contribution is 2.13. The molecule has 0 radical (unpaired) electrons. The molecule has 0 bridgehead atoms. The molecule has 0 fully saturated rings. The maximum atomic E-state index is 11.3. The number of sulfone groups is 1. The van der Waals surface area contributed by atoms with E-state index in [2.05, 4.69) is 11.8 Å². The van der Waals surface area contributed by atoms with Crippen molar-refractivity contribution >= 4 is 9.84 Å². The average molecular weight is 296 g/mol. The molecule has 1 aromatic carbocycles. The van der Waals surface area contributed by atoms with E-state index in [1.807, 2.05) is 18.2 Å². The van der Waals surface area contributed by atoms with Gasteiger partial charge in [0.1, 0.15) is 15.6 Å². The molecule has 0 heterocycles. The molecule has 1 rings (SSSR count). The Kier molecular flexibility index (Phi) is 7.13. The number of benzene rings is 1. The summed E-state index contributed by atoms with van der Waals surface area (Å²) < 4.78 is 28.1. The van der Waals surface area contributed by atoms with Gasteiger partial charge >= 0.3 is 0 Å². The van der Waals surface area contributed by atoms with Gasteiger partial charge in [0.25, 0.3) is 0 Å². The minimum atomic E-state index is -2.92. The molecule has 4 nitrogen and oxygen atoms in total. The number of rotatable bonds is 7. The molecular weight excluding hydrogens is 276 g/mol. The highest BCUT2D eigenvalue weighted by atomic mass is 32.2. The van der Waals surface area contributed by atoms with E-state index in [1.54, 1.807) is 13.0 Å². The van der Waals surface area contributed by atoms with Crippen molar-refractivity contribution in [1.29, 1.82) is 0 Å². The van der Waals surface area contributed by atoms with Crippen LogP contribution in [0, 0.1) is 11.8 Å². The standard InChI is InChI=1S/C15H20O4S/c1-2-20(17,18)12-6-11-19-15-9-5-8-14(13-15)7-3-4-10-16/h5,8-9,13,16H,2,4,6,10-12H2,1H3. The van der Waals surface area contributed by atoms with Crippen LogP contribution in [0.2, 0.25) is 0 Å². The Hall–Kier alpha value is -1.51. The van der Waals surface area contributed by atoms with Gasteiger partial charge in [-0.25, -0.2) is 8.42 Å². The van der Waals surface area contributed by atoms with Crippen molar-refractivity contribution in [2.24, 2.45) is 0 Å². The lowest BCUT2D eigenvalue weighted by atomic mass is 10.2. The molecule has 1 N–H and O–H groups in total. The largest absolute Gasteiger partial charge is 0.494 e. The number of hydrogen-bond acceptors (Lipinski definition) is 4. The third-order valence-corrected chi connectivity index (χ3v) is 4.40. The van der Waals surface area contributed by atoms with Gasteiger partial charge in [-0.05, 0) is 24.6 Å². The van der Waals surface area contributed by atoms with Gasteiger partial charge < -0.3 is 9.84 Å². The highest BCUT2D eigenvalue weighted by molar-refractivity contribution is 7.91. The molecule has 5 heteroatoms. The second-order valence-corrected chi connectivity index (χ2v) is 6.71. The Balaban J connectivity index is 2.45. The predicted octanol–water partition coefficient (Wildman–Crippen LogP) is 1.62. The van der Waals surface area contributed by atoms with Crippen LogP contribution in [0.5, 0.6) is 5.75 Å². The van der Waals surface area contributed by atoms with Crippen LogP contribution in [0.15, 0.2) is 24.3 Å². The average Bonchev–Trinajstić information content (AvgIpc) is 2.45. The minimum Gasteiger partial charge on any atom is -0.494 e. The first-order valence-electron chi connectivity index (χ1n) is 6.60. The third-order valence-electron chi connectivity index (χ3n) is 2.61. The quantitative estimate of drug-likeness (QED) is 0.613. The van der Waals surface area contributed by atoms with E-state index in [1.165, 1.54) is 0 Å². The molecule has 0 atom stereocenters. The summed E-state index contributed by atoms with van der Waals surface area (Å²) in [5.74, 6) is 6.76. The second-order valence-electron chi connectivity index (χ2n) is 4.24. The summed E-state index contributed by atoms with van der Waals surface area (Å²) >= 11 is 0. The number of aliphatic hydroxyl groups is 1. The lowest BCUT2D eigenvalue weighted by molar-refractivity contribution is 0.305. The van der Waals surface area contributed by atoms with Gasteiger partial charge in [0.2, 0.25) is 0 Å². The third kappa shape index (κ3) is 6.60. The molecule has 0 saturated heterocycles. The molecular formula is C15H20O4S. The number of ether oxygens (including phenoxy) is 1. The van der Waals surface area contributed by atoms with Gasteiger partial charge in [-0.3, -0.25) is 0 Å². The van der Waals surface area contributed by atoms with Crippen LogP contribution in [0.3, 0.4) is 0 Å². The first kappa shape index (κ1) is 16.5. The van der Waals surface area contributed by atoms with Crippen LogP contribution in [-0.2, 0) is 9.84 Å². The SMILES string of the molecule is CCS(=O)(=O)CCCOc1cccc(C#CCCO)c1. The van der Waals surface area contributed by atoms with Crippen LogP contribution in [0.25, 0.3) is 0 Å². The van der Waals surface area contributed by atoms with Crippen molar-refractivity contribution in [3.05, 3.63) is 29.8 Å². The van der Waals surface area contributed by atoms with Crippen molar-refractivity contribution in [3.63, 3.8) is 0 Å². The van der Waals surface area contributed by atoms with E-state index in [0.717, 1.165) is 5.56 Å². The first-order chi connectivity index (χ1) is 9.57. The summed E-state index contributed by atoms with van der Waals surface area (Å²) in [6, 6.07) is 7.31. The molecule has 0 saturated carbocycles. The Morgan fingerprint density at radius 2 is 2.15 bits per heavy atom. The van der Waals surface area contributed by atoms with Crippen molar-refractivity contribution in [2.45, 2.75) is 19.8 Å². The van der Waals surface area contributed by atoms with Gasteiger partial charge in [0.15, 0.2) is 0 Å². The summed E-state index contributed by atoms with van der Waals surface area (Å²) in [5.41, 5.74) is 0.817. The molecule has 0 aliphatic rings. The Morgan fingerprint density at radius 3 is 2.85 bits per heavy atom. The summed E-state index contributed by atoms with van der Waals surface area (Å²) in [6.07, 6.45) is 0.927. The first-order valence-corrected chi connectivity index (χ1v) is 8.42. The van der Waals surface area contributed by atoms with E-state index in [4.69, 9.17) is 9.84 Å². The van der Waals surface area contributed by atoms with Crippen LogP contribution in [0.4, 0.5) is 0 Å². The molecule has 110 valence electrons. The van der Waals surface area contributed by atoms with Crippen molar-refractivity contribution in [2.75, 3.05) is 24.7 Å². The monoisotopic (exact) mass is 296 g/mol. The van der Waals surface area contributed by atoms with Crippen molar-refractivity contribution in [1.82, 2.24) is 0 Å². The smallest absolute Gasteiger partial charge is 0.150 e. The summed E-state index contributed by atoms with van der Waals surface area (Å²) in [4.78, 5) is 0. The Bertz CT molecular complexity index is 567. The van der Waals surface area contributed by atoms with Gasteiger partial charge in [0.05, 0.1) is 19.0 Å². The van der Waals surface area contributed by atoms with Gasteiger partial charge in [0, 0.05) is 17.7 Å². The zero-order valence-corrected chi connectivity index (χ0v) is 12.4. The molecule has 20 heavy (non-hydrogen) atoms. The zero-order valence-electron chi connectivity index (χ0n) is 11.6. The highest BCUT2D eigenvalue weighted by Gasteiger charge is 2.06. The van der Waals surface area contributed by atoms with Crippen LogP contribution < -0.4 is 4.74 Å². The van der Waals surface area contributed by atoms with Crippen LogP contribution in [-0.4, -0.2) is 38.2 Å². The Labute approximate surface area is 120 Å². The number of aliphatic hydroxyl groups excluding tert-OH is 1. The van der Waals surface area contributed by atoms with E-state index in [9.17, 15) is 8.42 Å². The van der Waals surface area contributed by atoms with Crippen molar-refractivity contribution < 1.29 is 18.3 Å². The summed E-state index contributed by atoms with van der Waals surface area (Å²) in [5, 5.41) is 8.65. The second kappa shape index (κ2) is 8.62. The fourth-order valence-corrected chi connectivity index (χ4v) is 2.34. The number of hydrogen-bond donors (Lipinski definition) is 1. The normalized spacial score (nSPS) is 10.7. The van der Waals surface area contributed by atoms with E-state index >= 15 is 0 Å². The molecule has 1 aromatic rings. The summed E-state index contributed by atoms with van der Waals surface area (Å²) in [7, 11) is -2.92.